The number of quaternary nitrogens is 1. The minimum atomic E-state index is 0. The summed E-state index contributed by atoms with van der Waals surface area (Å²) in [5.41, 5.74) is 1.54. The molecule has 2 aromatic carbocycles. The molecule has 5 rings (SSSR count). The van der Waals surface area contributed by atoms with Crippen LogP contribution in [0.5, 0.6) is 0 Å². The molecule has 0 atom stereocenters. The number of fused-ring (bicyclic) bond motifs is 4. The molecule has 3 aliphatic rings. The fourth-order valence-corrected chi connectivity index (χ4v) is 3.76. The van der Waals surface area contributed by atoms with Gasteiger partial charge in [0.1, 0.15) is 6.54 Å². The molecule has 2 bridgehead atoms. The maximum absolute atomic E-state index is 2.61. The van der Waals surface area contributed by atoms with Gasteiger partial charge in [0.25, 0.3) is 0 Å². The minimum absolute atomic E-state index is 0. The predicted octanol–water partition coefficient (Wildman–Crippen LogP) is -0.0884. The zero-order valence-corrected chi connectivity index (χ0v) is 13.7. The zero-order valence-electron chi connectivity index (χ0n) is 12.2. The normalized spacial score (nSPS) is 27.0. The fraction of sp³-hybridized carbons (Fsp3) is 0.412. The molecule has 0 aliphatic carbocycles. The van der Waals surface area contributed by atoms with E-state index >= 15 is 0 Å². The number of hydrogen-bond donors (Lipinski definition) is 0. The highest BCUT2D eigenvalue weighted by Crippen LogP contribution is 2.27. The number of benzene rings is 2. The smallest absolute Gasteiger partial charge is 0.105 e. The Morgan fingerprint density at radius 1 is 0.857 bits per heavy atom. The highest BCUT2D eigenvalue weighted by atomic mass is 35.5. The van der Waals surface area contributed by atoms with E-state index in [1.807, 2.05) is 0 Å². The molecule has 4 heteroatoms. The molecule has 3 saturated heterocycles. The first kappa shape index (κ1) is 16.6. The van der Waals surface area contributed by atoms with Crippen LogP contribution in [-0.2, 0) is 6.54 Å². The monoisotopic (exact) mass is 324 g/mol. The summed E-state index contributed by atoms with van der Waals surface area (Å²) in [5.74, 6) is 0. The second kappa shape index (κ2) is 6.53. The molecule has 0 radical (unpaired) electrons. The van der Waals surface area contributed by atoms with Crippen LogP contribution in [0, 0.1) is 0 Å². The first-order chi connectivity index (χ1) is 9.35. The van der Waals surface area contributed by atoms with Gasteiger partial charge >= 0.3 is 0 Å². The molecule has 0 saturated carbocycles. The standard InChI is InChI=1S/C17H21N2.2ClH/c1-2-7-17-15(4-1)5-3-6-16(17)14-19-11-8-18(9-12-19)10-13-19;;/h1-7H,8-14H2;2*1H/q+1;;/p-1. The molecule has 0 N–H and O–H groups in total. The molecule has 2 aromatic rings. The number of piperazine rings is 3. The van der Waals surface area contributed by atoms with Gasteiger partial charge in [-0.2, -0.15) is 0 Å². The van der Waals surface area contributed by atoms with E-state index in [-0.39, 0.29) is 24.8 Å². The van der Waals surface area contributed by atoms with Gasteiger partial charge in [0.15, 0.2) is 0 Å². The molecular weight excluding hydrogens is 303 g/mol. The average molecular weight is 325 g/mol. The first-order valence-corrected chi connectivity index (χ1v) is 7.39. The zero-order chi connectivity index (χ0) is 12.7. The second-order valence-corrected chi connectivity index (χ2v) is 6.15. The quantitative estimate of drug-likeness (QED) is 0.698. The Balaban J connectivity index is 0.000000807. The summed E-state index contributed by atoms with van der Waals surface area (Å²) in [6.45, 7) is 9.12. The molecular formula is C17H22Cl2N2. The van der Waals surface area contributed by atoms with Crippen LogP contribution in [0.4, 0.5) is 0 Å². The van der Waals surface area contributed by atoms with Gasteiger partial charge in [0, 0.05) is 25.2 Å². The predicted molar refractivity (Wildman–Crippen MR) is 86.2 cm³/mol. The third kappa shape index (κ3) is 3.04. The highest BCUT2D eigenvalue weighted by Gasteiger charge is 2.38. The van der Waals surface area contributed by atoms with Crippen LogP contribution in [0.3, 0.4) is 0 Å². The van der Waals surface area contributed by atoms with E-state index < -0.39 is 0 Å². The van der Waals surface area contributed by atoms with Crippen molar-refractivity contribution < 1.29 is 16.9 Å². The molecule has 2 nitrogen and oxygen atoms in total. The van der Waals surface area contributed by atoms with E-state index in [0.29, 0.717) is 0 Å². The number of nitrogens with zero attached hydrogens (tertiary/aromatic N) is 2. The van der Waals surface area contributed by atoms with Gasteiger partial charge in [-0.3, -0.25) is 4.90 Å². The summed E-state index contributed by atoms with van der Waals surface area (Å²) < 4.78 is 1.31. The first-order valence-electron chi connectivity index (χ1n) is 7.39. The van der Waals surface area contributed by atoms with Crippen molar-refractivity contribution in [2.24, 2.45) is 0 Å². The Kier molecular flexibility index (Phi) is 5.15. The van der Waals surface area contributed by atoms with E-state index in [2.05, 4.69) is 47.4 Å². The van der Waals surface area contributed by atoms with E-state index in [9.17, 15) is 0 Å². The van der Waals surface area contributed by atoms with Crippen LogP contribution in [-0.4, -0.2) is 48.7 Å². The SMILES string of the molecule is Cl.[Cl-].c1ccc2c(C[N+]34CCN(CC3)CC4)cccc2c1. The second-order valence-electron chi connectivity index (χ2n) is 6.15. The van der Waals surface area contributed by atoms with Crippen molar-refractivity contribution in [3.05, 3.63) is 48.0 Å². The maximum Gasteiger partial charge on any atom is 0.105 e. The molecule has 21 heavy (non-hydrogen) atoms. The molecule has 3 heterocycles. The number of hydrogen-bond acceptors (Lipinski definition) is 1. The van der Waals surface area contributed by atoms with Crippen molar-refractivity contribution in [2.45, 2.75) is 6.54 Å². The van der Waals surface area contributed by atoms with Crippen LogP contribution < -0.4 is 12.4 Å². The average Bonchev–Trinajstić information content (AvgIpc) is 2.49. The van der Waals surface area contributed by atoms with Crippen LogP contribution in [0.25, 0.3) is 10.8 Å². The topological polar surface area (TPSA) is 3.24 Å². The van der Waals surface area contributed by atoms with Gasteiger partial charge in [-0.1, -0.05) is 42.5 Å². The lowest BCUT2D eigenvalue weighted by Gasteiger charge is -2.50. The van der Waals surface area contributed by atoms with Gasteiger partial charge in [-0.25, -0.2) is 0 Å². The van der Waals surface area contributed by atoms with Crippen LogP contribution >= 0.6 is 12.4 Å². The summed E-state index contributed by atoms with van der Waals surface area (Å²) >= 11 is 0. The van der Waals surface area contributed by atoms with Crippen LogP contribution in [0.15, 0.2) is 42.5 Å². The lowest BCUT2D eigenvalue weighted by atomic mass is 10.0. The molecule has 0 amide bonds. The van der Waals surface area contributed by atoms with Crippen molar-refractivity contribution in [2.75, 3.05) is 39.3 Å². The maximum atomic E-state index is 2.61. The van der Waals surface area contributed by atoms with Crippen LogP contribution in [0.1, 0.15) is 5.56 Å². The lowest BCUT2D eigenvalue weighted by Crippen LogP contribution is -3.00. The lowest BCUT2D eigenvalue weighted by molar-refractivity contribution is -0.953. The van der Waals surface area contributed by atoms with Crippen molar-refractivity contribution in [3.63, 3.8) is 0 Å². The Hall–Kier alpha value is -0.800. The van der Waals surface area contributed by atoms with E-state index in [1.54, 1.807) is 0 Å². The Morgan fingerprint density at radius 2 is 1.48 bits per heavy atom. The summed E-state index contributed by atoms with van der Waals surface area (Å²) in [6, 6.07) is 15.6. The number of halogens is 2. The Bertz CT molecular complexity index is 587. The third-order valence-electron chi connectivity index (χ3n) is 5.06. The molecule has 3 fully saturated rings. The van der Waals surface area contributed by atoms with Crippen molar-refractivity contribution in [1.82, 2.24) is 4.90 Å². The summed E-state index contributed by atoms with van der Waals surface area (Å²) in [5, 5.41) is 2.83. The van der Waals surface area contributed by atoms with Gasteiger partial charge in [-0.05, 0) is 10.8 Å². The summed E-state index contributed by atoms with van der Waals surface area (Å²) in [6.07, 6.45) is 0. The van der Waals surface area contributed by atoms with Gasteiger partial charge in [0.05, 0.1) is 19.6 Å². The molecule has 0 unspecified atom stereocenters. The number of rotatable bonds is 2. The van der Waals surface area contributed by atoms with E-state index in [1.165, 1.54) is 66.6 Å². The Labute approximate surface area is 139 Å². The molecule has 114 valence electrons. The summed E-state index contributed by atoms with van der Waals surface area (Å²) in [4.78, 5) is 2.61. The highest BCUT2D eigenvalue weighted by molar-refractivity contribution is 5.85. The van der Waals surface area contributed by atoms with Crippen molar-refractivity contribution in [1.29, 1.82) is 0 Å². The molecule has 0 aromatic heterocycles. The largest absolute Gasteiger partial charge is 1.00 e. The molecule has 0 spiro atoms. The van der Waals surface area contributed by atoms with E-state index in [4.69, 9.17) is 0 Å². The van der Waals surface area contributed by atoms with Gasteiger partial charge < -0.3 is 16.9 Å². The Morgan fingerprint density at radius 3 is 2.19 bits per heavy atom. The fourth-order valence-electron chi connectivity index (χ4n) is 3.76. The van der Waals surface area contributed by atoms with Gasteiger partial charge in [0.2, 0.25) is 0 Å². The van der Waals surface area contributed by atoms with Crippen molar-refractivity contribution >= 4 is 23.2 Å². The van der Waals surface area contributed by atoms with E-state index in [0.717, 1.165) is 0 Å². The molecule has 3 aliphatic heterocycles. The van der Waals surface area contributed by atoms with Crippen molar-refractivity contribution in [3.8, 4) is 0 Å². The third-order valence-corrected chi connectivity index (χ3v) is 5.06. The summed E-state index contributed by atoms with van der Waals surface area (Å²) in [7, 11) is 0. The van der Waals surface area contributed by atoms with Gasteiger partial charge in [-0.15, -0.1) is 12.4 Å². The minimum Gasteiger partial charge on any atom is -1.00 e. The van der Waals surface area contributed by atoms with Crippen LogP contribution in [0.2, 0.25) is 0 Å².